The maximum absolute atomic E-state index is 8.68. The first-order valence-corrected chi connectivity index (χ1v) is 4.12. The summed E-state index contributed by atoms with van der Waals surface area (Å²) in [7, 11) is 0. The predicted octanol–water partition coefficient (Wildman–Crippen LogP) is 1.90. The van der Waals surface area contributed by atoms with E-state index in [0.29, 0.717) is 5.25 Å². The lowest BCUT2D eigenvalue weighted by Gasteiger charge is -2.21. The zero-order valence-electron chi connectivity index (χ0n) is 6.64. The number of thioether (sulfide) groups is 1. The summed E-state index contributed by atoms with van der Waals surface area (Å²) >= 11 is 1.81. The van der Waals surface area contributed by atoms with Crippen LogP contribution >= 0.6 is 11.8 Å². The van der Waals surface area contributed by atoms with Crippen LogP contribution in [0.5, 0.6) is 0 Å². The van der Waals surface area contributed by atoms with Crippen LogP contribution in [0.15, 0.2) is 0 Å². The van der Waals surface area contributed by atoms with E-state index >= 15 is 0 Å². The molecule has 1 unspecified atom stereocenters. The molecule has 0 aromatic rings. The molecule has 1 atom stereocenters. The summed E-state index contributed by atoms with van der Waals surface area (Å²) in [5.74, 6) is 0. The lowest BCUT2D eigenvalue weighted by Crippen LogP contribution is -2.15. The molecule has 0 saturated carbocycles. The molecule has 0 aliphatic heterocycles. The smallest absolute Gasteiger partial charge is 0.0547 e. The molecule has 0 aromatic heterocycles. The van der Waals surface area contributed by atoms with E-state index in [2.05, 4.69) is 20.8 Å². The SMILES string of the molecule is CC(CO)SC(C)(C)C. The zero-order valence-corrected chi connectivity index (χ0v) is 7.46. The number of hydrogen-bond acceptors (Lipinski definition) is 2. The van der Waals surface area contributed by atoms with Crippen molar-refractivity contribution in [2.24, 2.45) is 0 Å². The highest BCUT2D eigenvalue weighted by Gasteiger charge is 2.14. The van der Waals surface area contributed by atoms with Crippen molar-refractivity contribution >= 4 is 11.8 Å². The maximum atomic E-state index is 8.68. The predicted molar refractivity (Wildman–Crippen MR) is 43.9 cm³/mol. The van der Waals surface area contributed by atoms with Crippen LogP contribution in [0.1, 0.15) is 27.7 Å². The Hall–Kier alpha value is 0.310. The van der Waals surface area contributed by atoms with Gasteiger partial charge >= 0.3 is 0 Å². The fourth-order valence-corrected chi connectivity index (χ4v) is 1.92. The summed E-state index contributed by atoms with van der Waals surface area (Å²) in [5, 5.41) is 9.04. The van der Waals surface area contributed by atoms with Gasteiger partial charge in [-0.05, 0) is 0 Å². The van der Waals surface area contributed by atoms with Crippen molar-refractivity contribution < 1.29 is 5.11 Å². The van der Waals surface area contributed by atoms with Gasteiger partial charge in [0.1, 0.15) is 0 Å². The molecule has 2 heteroatoms. The van der Waals surface area contributed by atoms with E-state index in [4.69, 9.17) is 5.11 Å². The van der Waals surface area contributed by atoms with Crippen molar-refractivity contribution in [2.75, 3.05) is 6.61 Å². The molecule has 0 aromatic carbocycles. The van der Waals surface area contributed by atoms with Gasteiger partial charge in [-0.1, -0.05) is 27.7 Å². The van der Waals surface area contributed by atoms with Gasteiger partial charge < -0.3 is 5.11 Å². The van der Waals surface area contributed by atoms with E-state index in [1.54, 1.807) is 11.8 Å². The molecular weight excluding hydrogens is 132 g/mol. The molecule has 56 valence electrons. The molecule has 0 radical (unpaired) electrons. The topological polar surface area (TPSA) is 20.2 Å². The lowest BCUT2D eigenvalue weighted by molar-refractivity contribution is 0.299. The van der Waals surface area contributed by atoms with Gasteiger partial charge in [-0.2, -0.15) is 11.8 Å². The number of rotatable bonds is 2. The lowest BCUT2D eigenvalue weighted by atomic mass is 10.3. The van der Waals surface area contributed by atoms with E-state index in [-0.39, 0.29) is 11.4 Å². The molecule has 9 heavy (non-hydrogen) atoms. The largest absolute Gasteiger partial charge is 0.395 e. The summed E-state index contributed by atoms with van der Waals surface area (Å²) < 4.78 is 0.280. The molecule has 0 fully saturated rings. The van der Waals surface area contributed by atoms with Gasteiger partial charge in [0.2, 0.25) is 0 Å². The number of aliphatic hydroxyl groups is 1. The number of hydrogen-bond donors (Lipinski definition) is 1. The van der Waals surface area contributed by atoms with Crippen molar-refractivity contribution in [1.82, 2.24) is 0 Å². The van der Waals surface area contributed by atoms with Gasteiger partial charge in [0.05, 0.1) is 6.61 Å². The molecule has 0 aliphatic rings. The minimum atomic E-state index is 0.280. The highest BCUT2D eigenvalue weighted by Crippen LogP contribution is 2.27. The highest BCUT2D eigenvalue weighted by molar-refractivity contribution is 8.01. The van der Waals surface area contributed by atoms with Crippen molar-refractivity contribution in [1.29, 1.82) is 0 Å². The molecule has 0 bridgehead atoms. The molecule has 0 saturated heterocycles. The van der Waals surface area contributed by atoms with Gasteiger partial charge in [-0.3, -0.25) is 0 Å². The van der Waals surface area contributed by atoms with Gasteiger partial charge in [-0.25, -0.2) is 0 Å². The van der Waals surface area contributed by atoms with Crippen LogP contribution in [-0.4, -0.2) is 21.7 Å². The molecule has 0 aliphatic carbocycles. The molecular formula is C7H16OS. The van der Waals surface area contributed by atoms with Gasteiger partial charge in [0, 0.05) is 10.00 Å². The van der Waals surface area contributed by atoms with E-state index < -0.39 is 0 Å². The maximum Gasteiger partial charge on any atom is 0.0547 e. The van der Waals surface area contributed by atoms with Crippen LogP contribution in [0.3, 0.4) is 0 Å². The third-order valence-electron chi connectivity index (χ3n) is 0.812. The van der Waals surface area contributed by atoms with Crippen molar-refractivity contribution in [3.63, 3.8) is 0 Å². The summed E-state index contributed by atoms with van der Waals surface area (Å²) in [6.45, 7) is 8.79. The van der Waals surface area contributed by atoms with Gasteiger partial charge in [0.25, 0.3) is 0 Å². The summed E-state index contributed by atoms with van der Waals surface area (Å²) in [6, 6.07) is 0. The normalized spacial score (nSPS) is 15.7. The minimum absolute atomic E-state index is 0.280. The average molecular weight is 148 g/mol. The summed E-state index contributed by atoms with van der Waals surface area (Å²) in [5.41, 5.74) is 0. The molecule has 0 heterocycles. The van der Waals surface area contributed by atoms with Crippen molar-refractivity contribution in [2.45, 2.75) is 37.7 Å². The van der Waals surface area contributed by atoms with Crippen LogP contribution in [-0.2, 0) is 0 Å². The van der Waals surface area contributed by atoms with E-state index in [0.717, 1.165) is 0 Å². The number of aliphatic hydroxyl groups excluding tert-OH is 1. The van der Waals surface area contributed by atoms with Crippen LogP contribution in [0.4, 0.5) is 0 Å². The van der Waals surface area contributed by atoms with Gasteiger partial charge in [-0.15, -0.1) is 0 Å². The fraction of sp³-hybridized carbons (Fsp3) is 1.00. The second-order valence-corrected chi connectivity index (χ2v) is 5.49. The second kappa shape index (κ2) is 3.47. The summed E-state index contributed by atoms with van der Waals surface area (Å²) in [6.07, 6.45) is 0. The quantitative estimate of drug-likeness (QED) is 0.645. The molecule has 0 spiro atoms. The fourth-order valence-electron chi connectivity index (χ4n) is 0.641. The van der Waals surface area contributed by atoms with Crippen LogP contribution in [0.2, 0.25) is 0 Å². The Morgan fingerprint density at radius 1 is 1.44 bits per heavy atom. The first kappa shape index (κ1) is 9.31. The Morgan fingerprint density at radius 2 is 1.89 bits per heavy atom. The Morgan fingerprint density at radius 3 is 2.00 bits per heavy atom. The van der Waals surface area contributed by atoms with Crippen LogP contribution in [0, 0.1) is 0 Å². The monoisotopic (exact) mass is 148 g/mol. The standard InChI is InChI=1S/C7H16OS/c1-6(5-8)9-7(2,3)4/h6,8H,5H2,1-4H3. The van der Waals surface area contributed by atoms with Crippen LogP contribution in [0.25, 0.3) is 0 Å². The average Bonchev–Trinajstić information content (AvgIpc) is 1.62. The Balaban J connectivity index is 3.47. The van der Waals surface area contributed by atoms with Crippen molar-refractivity contribution in [3.8, 4) is 0 Å². The van der Waals surface area contributed by atoms with E-state index in [9.17, 15) is 0 Å². The zero-order chi connectivity index (χ0) is 7.49. The highest BCUT2D eigenvalue weighted by atomic mass is 32.2. The van der Waals surface area contributed by atoms with Crippen LogP contribution < -0.4 is 0 Å². The first-order valence-electron chi connectivity index (χ1n) is 3.24. The van der Waals surface area contributed by atoms with Gasteiger partial charge in [0.15, 0.2) is 0 Å². The first-order chi connectivity index (χ1) is 3.95. The Kier molecular flexibility index (Phi) is 3.59. The minimum Gasteiger partial charge on any atom is -0.395 e. The third-order valence-corrected chi connectivity index (χ3v) is 2.07. The summed E-state index contributed by atoms with van der Waals surface area (Å²) in [4.78, 5) is 0. The Labute approximate surface area is 61.8 Å². The molecule has 1 N–H and O–H groups in total. The second-order valence-electron chi connectivity index (χ2n) is 3.22. The third kappa shape index (κ3) is 6.19. The van der Waals surface area contributed by atoms with E-state index in [1.807, 2.05) is 6.92 Å². The van der Waals surface area contributed by atoms with E-state index in [1.165, 1.54) is 0 Å². The molecule has 0 rings (SSSR count). The molecule has 0 amide bonds. The van der Waals surface area contributed by atoms with Crippen molar-refractivity contribution in [3.05, 3.63) is 0 Å². The molecule has 1 nitrogen and oxygen atoms in total. The Bertz CT molecular complexity index is 75.5.